The van der Waals surface area contributed by atoms with Crippen molar-refractivity contribution < 1.29 is 19.2 Å². The summed E-state index contributed by atoms with van der Waals surface area (Å²) in [5.41, 5.74) is 1.17. The van der Waals surface area contributed by atoms with Crippen molar-refractivity contribution in [2.45, 2.75) is 20.3 Å². The fraction of sp³-hybridized carbons (Fsp3) is 0.375. The number of benzene rings is 1. The Bertz CT molecular complexity index is 607. The lowest BCUT2D eigenvalue weighted by Crippen LogP contribution is -2.30. The largest absolute Gasteiger partial charge is 0.492 e. The molecule has 0 spiro atoms. The standard InChI is InChI=1S/C16H20N2O4/c1-12-3-5-14(6-4-12)21-10-9-18(8-7-16(19)20)15-11-13(2)22-17-15/h3-6,11H,7-10H2,1-2H3,(H,19,20). The number of aryl methyl sites for hydroxylation is 2. The van der Waals surface area contributed by atoms with Gasteiger partial charge in [0, 0.05) is 12.6 Å². The van der Waals surface area contributed by atoms with Gasteiger partial charge in [-0.25, -0.2) is 0 Å². The predicted molar refractivity (Wildman–Crippen MR) is 82.4 cm³/mol. The molecule has 0 unspecified atom stereocenters. The van der Waals surface area contributed by atoms with Crippen LogP contribution in [0.25, 0.3) is 0 Å². The number of aliphatic carboxylic acids is 1. The Morgan fingerprint density at radius 3 is 2.59 bits per heavy atom. The second kappa shape index (κ2) is 7.49. The van der Waals surface area contributed by atoms with E-state index in [9.17, 15) is 4.79 Å². The van der Waals surface area contributed by atoms with Crippen LogP contribution in [0.1, 0.15) is 17.7 Å². The van der Waals surface area contributed by atoms with Gasteiger partial charge in [0.2, 0.25) is 0 Å². The van der Waals surface area contributed by atoms with E-state index in [2.05, 4.69) is 5.16 Å². The van der Waals surface area contributed by atoms with Gasteiger partial charge in [0.1, 0.15) is 18.1 Å². The van der Waals surface area contributed by atoms with E-state index in [1.54, 1.807) is 13.0 Å². The van der Waals surface area contributed by atoms with E-state index in [1.807, 2.05) is 36.1 Å². The van der Waals surface area contributed by atoms with Crippen molar-refractivity contribution in [2.75, 3.05) is 24.6 Å². The lowest BCUT2D eigenvalue weighted by atomic mass is 10.2. The number of carbonyl (C=O) groups is 1. The monoisotopic (exact) mass is 304 g/mol. The molecule has 1 N–H and O–H groups in total. The molecule has 118 valence electrons. The van der Waals surface area contributed by atoms with Gasteiger partial charge in [-0.3, -0.25) is 4.79 Å². The van der Waals surface area contributed by atoms with E-state index in [1.165, 1.54) is 5.56 Å². The summed E-state index contributed by atoms with van der Waals surface area (Å²) >= 11 is 0. The summed E-state index contributed by atoms with van der Waals surface area (Å²) in [6, 6.07) is 9.58. The summed E-state index contributed by atoms with van der Waals surface area (Å²) in [5, 5.41) is 12.8. The molecule has 2 rings (SSSR count). The molecule has 0 saturated heterocycles. The molecule has 22 heavy (non-hydrogen) atoms. The van der Waals surface area contributed by atoms with Crippen LogP contribution in [-0.4, -0.2) is 35.9 Å². The quantitative estimate of drug-likeness (QED) is 0.808. The van der Waals surface area contributed by atoms with Gasteiger partial charge in [-0.15, -0.1) is 0 Å². The molecule has 0 aliphatic heterocycles. The molecule has 0 atom stereocenters. The number of carboxylic acid groups (broad SMARTS) is 1. The maximum absolute atomic E-state index is 10.8. The highest BCUT2D eigenvalue weighted by Crippen LogP contribution is 2.15. The second-order valence-electron chi connectivity index (χ2n) is 5.09. The van der Waals surface area contributed by atoms with E-state index in [0.717, 1.165) is 5.75 Å². The van der Waals surface area contributed by atoms with Crippen molar-refractivity contribution in [1.82, 2.24) is 5.16 Å². The number of hydrogen-bond donors (Lipinski definition) is 1. The lowest BCUT2D eigenvalue weighted by molar-refractivity contribution is -0.136. The topological polar surface area (TPSA) is 75.8 Å². The Hall–Kier alpha value is -2.50. The number of anilines is 1. The highest BCUT2D eigenvalue weighted by atomic mass is 16.5. The highest BCUT2D eigenvalue weighted by Gasteiger charge is 2.13. The van der Waals surface area contributed by atoms with Gasteiger partial charge in [0.15, 0.2) is 5.82 Å². The number of aromatic nitrogens is 1. The molecule has 0 saturated carbocycles. The van der Waals surface area contributed by atoms with Crippen molar-refractivity contribution in [3.63, 3.8) is 0 Å². The zero-order valence-corrected chi connectivity index (χ0v) is 12.8. The zero-order valence-electron chi connectivity index (χ0n) is 12.8. The first-order chi connectivity index (χ1) is 10.5. The van der Waals surface area contributed by atoms with Crippen LogP contribution in [0.5, 0.6) is 5.75 Å². The molecule has 6 nitrogen and oxygen atoms in total. The third-order valence-electron chi connectivity index (χ3n) is 3.19. The molecular weight excluding hydrogens is 284 g/mol. The van der Waals surface area contributed by atoms with Gasteiger partial charge < -0.3 is 19.3 Å². The van der Waals surface area contributed by atoms with E-state index in [-0.39, 0.29) is 6.42 Å². The summed E-state index contributed by atoms with van der Waals surface area (Å²) in [6.07, 6.45) is 0.0381. The maximum atomic E-state index is 10.8. The molecule has 0 aliphatic carbocycles. The first-order valence-electron chi connectivity index (χ1n) is 7.14. The van der Waals surface area contributed by atoms with Gasteiger partial charge in [-0.05, 0) is 26.0 Å². The van der Waals surface area contributed by atoms with Crippen LogP contribution in [-0.2, 0) is 4.79 Å². The van der Waals surface area contributed by atoms with Crippen LogP contribution in [0.4, 0.5) is 5.82 Å². The SMILES string of the molecule is Cc1ccc(OCCN(CCC(=O)O)c2cc(C)on2)cc1. The van der Waals surface area contributed by atoms with Gasteiger partial charge in [-0.2, -0.15) is 0 Å². The van der Waals surface area contributed by atoms with E-state index in [4.69, 9.17) is 14.4 Å². The van der Waals surface area contributed by atoms with Crippen LogP contribution >= 0.6 is 0 Å². The Morgan fingerprint density at radius 1 is 1.27 bits per heavy atom. The Morgan fingerprint density at radius 2 is 2.00 bits per heavy atom. The summed E-state index contributed by atoms with van der Waals surface area (Å²) in [4.78, 5) is 12.6. The molecule has 0 fully saturated rings. The minimum atomic E-state index is -0.843. The molecule has 0 amide bonds. The molecule has 1 aromatic heterocycles. The average Bonchev–Trinajstić information content (AvgIpc) is 2.91. The number of hydrogen-bond acceptors (Lipinski definition) is 5. The van der Waals surface area contributed by atoms with Gasteiger partial charge in [-0.1, -0.05) is 22.9 Å². The highest BCUT2D eigenvalue weighted by molar-refractivity contribution is 5.67. The van der Waals surface area contributed by atoms with Gasteiger partial charge >= 0.3 is 5.97 Å². The fourth-order valence-corrected chi connectivity index (χ4v) is 1.98. The third kappa shape index (κ3) is 4.80. The summed E-state index contributed by atoms with van der Waals surface area (Å²) in [7, 11) is 0. The van der Waals surface area contributed by atoms with E-state index in [0.29, 0.717) is 31.3 Å². The van der Waals surface area contributed by atoms with Crippen molar-refractivity contribution in [3.8, 4) is 5.75 Å². The summed E-state index contributed by atoms with van der Waals surface area (Å²) in [5.74, 6) is 1.27. The molecule has 1 aromatic carbocycles. The minimum absolute atomic E-state index is 0.0381. The van der Waals surface area contributed by atoms with Crippen LogP contribution in [0.2, 0.25) is 0 Å². The van der Waals surface area contributed by atoms with Crippen LogP contribution in [0.15, 0.2) is 34.9 Å². The number of nitrogens with zero attached hydrogens (tertiary/aromatic N) is 2. The third-order valence-corrected chi connectivity index (χ3v) is 3.19. The van der Waals surface area contributed by atoms with Crippen molar-refractivity contribution in [2.24, 2.45) is 0 Å². The number of rotatable bonds is 8. The Kier molecular flexibility index (Phi) is 5.41. The van der Waals surface area contributed by atoms with Gasteiger partial charge in [0.25, 0.3) is 0 Å². The van der Waals surface area contributed by atoms with Gasteiger partial charge in [0.05, 0.1) is 13.0 Å². The zero-order chi connectivity index (χ0) is 15.9. The predicted octanol–water partition coefficient (Wildman–Crippen LogP) is 2.65. The lowest BCUT2D eigenvalue weighted by Gasteiger charge is -2.20. The van der Waals surface area contributed by atoms with Crippen molar-refractivity contribution in [3.05, 3.63) is 41.7 Å². The molecule has 0 bridgehead atoms. The fourth-order valence-electron chi connectivity index (χ4n) is 1.98. The number of carboxylic acids is 1. The van der Waals surface area contributed by atoms with Crippen LogP contribution in [0.3, 0.4) is 0 Å². The average molecular weight is 304 g/mol. The van der Waals surface area contributed by atoms with E-state index < -0.39 is 5.97 Å². The second-order valence-corrected chi connectivity index (χ2v) is 5.09. The summed E-state index contributed by atoms with van der Waals surface area (Å²) < 4.78 is 10.7. The smallest absolute Gasteiger partial charge is 0.305 e. The molecule has 6 heteroatoms. The van der Waals surface area contributed by atoms with Crippen LogP contribution < -0.4 is 9.64 Å². The molecule has 2 aromatic rings. The van der Waals surface area contributed by atoms with Crippen molar-refractivity contribution in [1.29, 1.82) is 0 Å². The summed E-state index contributed by atoms with van der Waals surface area (Å²) in [6.45, 7) is 5.15. The molecule has 0 aliphatic rings. The molecular formula is C16H20N2O4. The Balaban J connectivity index is 1.91. The van der Waals surface area contributed by atoms with Crippen LogP contribution in [0, 0.1) is 13.8 Å². The molecule has 0 radical (unpaired) electrons. The van der Waals surface area contributed by atoms with E-state index >= 15 is 0 Å². The maximum Gasteiger partial charge on any atom is 0.305 e. The van der Waals surface area contributed by atoms with Crippen molar-refractivity contribution >= 4 is 11.8 Å². The minimum Gasteiger partial charge on any atom is -0.492 e. The Labute approximate surface area is 129 Å². The molecule has 1 heterocycles. The first-order valence-corrected chi connectivity index (χ1v) is 7.14. The normalized spacial score (nSPS) is 10.5. The number of ether oxygens (including phenoxy) is 1. The first kappa shape index (κ1) is 15.9.